The van der Waals surface area contributed by atoms with Gasteiger partial charge in [-0.3, -0.25) is 4.57 Å². The van der Waals surface area contributed by atoms with Crippen LogP contribution >= 0.6 is 7.60 Å². The van der Waals surface area contributed by atoms with Crippen molar-refractivity contribution in [3.05, 3.63) is 71.5 Å². The van der Waals surface area contributed by atoms with Crippen LogP contribution in [0, 0.1) is 5.82 Å². The number of halogens is 1. The highest BCUT2D eigenvalue weighted by Gasteiger charge is 2.30. The summed E-state index contributed by atoms with van der Waals surface area (Å²) in [6.45, 7) is 3.96. The van der Waals surface area contributed by atoms with Crippen molar-refractivity contribution in [1.29, 1.82) is 0 Å². The molecule has 2 rings (SSSR count). The van der Waals surface area contributed by atoms with Crippen molar-refractivity contribution < 1.29 is 27.5 Å². The average molecular weight is 423 g/mol. The van der Waals surface area contributed by atoms with Crippen LogP contribution in [-0.4, -0.2) is 31.5 Å². The Bertz CT molecular complexity index is 808. The molecule has 0 aliphatic carbocycles. The van der Waals surface area contributed by atoms with Gasteiger partial charge in [0, 0.05) is 6.04 Å². The van der Waals surface area contributed by atoms with Crippen LogP contribution in [-0.2, 0) is 31.4 Å². The molecule has 0 heterocycles. The van der Waals surface area contributed by atoms with E-state index in [0.717, 1.165) is 5.56 Å². The van der Waals surface area contributed by atoms with E-state index >= 15 is 0 Å². The van der Waals surface area contributed by atoms with Gasteiger partial charge in [-0.2, -0.15) is 0 Å². The minimum Gasteiger partial charge on any atom is -0.445 e. The van der Waals surface area contributed by atoms with Crippen LogP contribution in [0.3, 0.4) is 0 Å². The molecule has 1 amide bonds. The molecule has 0 unspecified atom stereocenters. The lowest BCUT2D eigenvalue weighted by molar-refractivity contribution is 0.136. The molecule has 0 saturated heterocycles. The number of amides is 1. The summed E-state index contributed by atoms with van der Waals surface area (Å²) in [5.74, 6) is -0.384. The van der Waals surface area contributed by atoms with E-state index in [1.54, 1.807) is 26.0 Å². The van der Waals surface area contributed by atoms with Crippen LogP contribution < -0.4 is 5.32 Å². The van der Waals surface area contributed by atoms with Crippen LogP contribution in [0.4, 0.5) is 9.18 Å². The molecule has 0 fully saturated rings. The number of carbonyl (C=O) groups is 1. The van der Waals surface area contributed by atoms with Crippen molar-refractivity contribution in [3.63, 3.8) is 0 Å². The van der Waals surface area contributed by atoms with Gasteiger partial charge in [0.1, 0.15) is 12.4 Å². The third kappa shape index (κ3) is 8.36. The topological polar surface area (TPSA) is 73.9 Å². The van der Waals surface area contributed by atoms with Gasteiger partial charge in [-0.05, 0) is 43.5 Å². The second-order valence-corrected chi connectivity index (χ2v) is 8.47. The van der Waals surface area contributed by atoms with Gasteiger partial charge in [-0.25, -0.2) is 9.18 Å². The first-order valence-corrected chi connectivity index (χ1v) is 11.3. The Kier molecular flexibility index (Phi) is 9.32. The third-order valence-corrected chi connectivity index (χ3v) is 6.19. The molecule has 158 valence electrons. The van der Waals surface area contributed by atoms with Gasteiger partial charge in [-0.15, -0.1) is 0 Å². The molecule has 29 heavy (non-hydrogen) atoms. The molecule has 1 atom stereocenters. The fourth-order valence-corrected chi connectivity index (χ4v) is 4.68. The van der Waals surface area contributed by atoms with Crippen LogP contribution in [0.15, 0.2) is 54.6 Å². The molecule has 8 heteroatoms. The molecular formula is C21H27FNO5P. The van der Waals surface area contributed by atoms with Crippen molar-refractivity contribution in [3.8, 4) is 0 Å². The van der Waals surface area contributed by atoms with Crippen LogP contribution in [0.25, 0.3) is 0 Å². The first-order valence-electron chi connectivity index (χ1n) is 9.54. The van der Waals surface area contributed by atoms with Gasteiger partial charge in [0.15, 0.2) is 0 Å². The molecule has 0 spiro atoms. The molecular weight excluding hydrogens is 396 g/mol. The quantitative estimate of drug-likeness (QED) is 0.519. The highest BCUT2D eigenvalue weighted by atomic mass is 31.2. The molecule has 0 saturated carbocycles. The van der Waals surface area contributed by atoms with Gasteiger partial charge in [0.2, 0.25) is 0 Å². The lowest BCUT2D eigenvalue weighted by atomic mass is 10.1. The first kappa shape index (κ1) is 23.1. The second-order valence-electron chi connectivity index (χ2n) is 6.37. The Morgan fingerprint density at radius 3 is 2.31 bits per heavy atom. The number of rotatable bonds is 11. The van der Waals surface area contributed by atoms with Crippen molar-refractivity contribution >= 4 is 13.7 Å². The molecule has 2 aromatic carbocycles. The van der Waals surface area contributed by atoms with Gasteiger partial charge in [0.05, 0.1) is 19.4 Å². The highest BCUT2D eigenvalue weighted by Crippen LogP contribution is 2.48. The summed E-state index contributed by atoms with van der Waals surface area (Å²) in [4.78, 5) is 12.3. The molecule has 6 nitrogen and oxygen atoms in total. The second kappa shape index (κ2) is 11.7. The SMILES string of the molecule is CCOP(=O)(C[C@@H](Cc1cccc(F)c1)NC(=O)OCc1ccccc1)OCC. The van der Waals surface area contributed by atoms with Gasteiger partial charge >= 0.3 is 13.7 Å². The summed E-state index contributed by atoms with van der Waals surface area (Å²) in [5, 5.41) is 2.71. The van der Waals surface area contributed by atoms with E-state index in [-0.39, 0.29) is 38.2 Å². The number of carbonyl (C=O) groups excluding carboxylic acids is 1. The number of benzene rings is 2. The van der Waals surface area contributed by atoms with Gasteiger partial charge in [-0.1, -0.05) is 42.5 Å². The molecule has 1 N–H and O–H groups in total. The summed E-state index contributed by atoms with van der Waals surface area (Å²) >= 11 is 0. The Morgan fingerprint density at radius 1 is 1.03 bits per heavy atom. The summed E-state index contributed by atoms with van der Waals surface area (Å²) in [6.07, 6.45) is -0.455. The molecule has 0 bridgehead atoms. The fourth-order valence-electron chi connectivity index (χ4n) is 2.85. The molecule has 0 aromatic heterocycles. The van der Waals surface area contributed by atoms with E-state index in [9.17, 15) is 13.8 Å². The molecule has 0 aliphatic rings. The molecule has 0 radical (unpaired) electrons. The summed E-state index contributed by atoms with van der Waals surface area (Å²) in [6, 6.07) is 14.7. The van der Waals surface area contributed by atoms with E-state index in [0.29, 0.717) is 5.56 Å². The number of nitrogens with one attached hydrogen (secondary N) is 1. The van der Waals surface area contributed by atoms with Crippen molar-refractivity contribution in [1.82, 2.24) is 5.32 Å². The van der Waals surface area contributed by atoms with Gasteiger partial charge in [0.25, 0.3) is 0 Å². The zero-order valence-corrected chi connectivity index (χ0v) is 17.6. The Balaban J connectivity index is 2.08. The number of hydrogen-bond acceptors (Lipinski definition) is 5. The molecule has 2 aromatic rings. The van der Waals surface area contributed by atoms with E-state index in [2.05, 4.69) is 5.32 Å². The predicted molar refractivity (Wildman–Crippen MR) is 109 cm³/mol. The van der Waals surface area contributed by atoms with E-state index in [1.165, 1.54) is 12.1 Å². The van der Waals surface area contributed by atoms with E-state index in [4.69, 9.17) is 13.8 Å². The lowest BCUT2D eigenvalue weighted by Crippen LogP contribution is -2.39. The summed E-state index contributed by atoms with van der Waals surface area (Å²) in [5.41, 5.74) is 1.50. The van der Waals surface area contributed by atoms with Crippen molar-refractivity contribution in [2.75, 3.05) is 19.4 Å². The normalized spacial score (nSPS) is 12.4. The predicted octanol–water partition coefficient (Wildman–Crippen LogP) is 4.93. The summed E-state index contributed by atoms with van der Waals surface area (Å²) in [7, 11) is -3.42. The Hall–Kier alpha value is -2.21. The van der Waals surface area contributed by atoms with Gasteiger partial charge < -0.3 is 19.1 Å². The largest absolute Gasteiger partial charge is 0.445 e. The Morgan fingerprint density at radius 2 is 1.69 bits per heavy atom. The maximum atomic E-state index is 13.6. The zero-order chi connectivity index (χ0) is 21.1. The third-order valence-electron chi connectivity index (χ3n) is 4.00. The maximum Gasteiger partial charge on any atom is 0.407 e. The van der Waals surface area contributed by atoms with E-state index in [1.807, 2.05) is 30.3 Å². The zero-order valence-electron chi connectivity index (χ0n) is 16.7. The first-order chi connectivity index (χ1) is 13.9. The fraction of sp³-hybridized carbons (Fsp3) is 0.381. The Labute approximate surface area is 170 Å². The minimum absolute atomic E-state index is 0.0500. The van der Waals surface area contributed by atoms with Crippen LogP contribution in [0.5, 0.6) is 0 Å². The standard InChI is InChI=1S/C21H27FNO5P/c1-3-27-29(25,28-4-2)16-20(14-18-11-8-12-19(22)13-18)23-21(24)26-15-17-9-6-5-7-10-17/h5-13,20H,3-4,14-16H2,1-2H3,(H,23,24)/t20-/m1/s1. The van der Waals surface area contributed by atoms with Crippen molar-refractivity contribution in [2.45, 2.75) is 32.9 Å². The summed E-state index contributed by atoms with van der Waals surface area (Å²) < 4.78 is 42.4. The van der Waals surface area contributed by atoms with Crippen LogP contribution in [0.1, 0.15) is 25.0 Å². The van der Waals surface area contributed by atoms with E-state index < -0.39 is 19.7 Å². The maximum absolute atomic E-state index is 13.6. The highest BCUT2D eigenvalue weighted by molar-refractivity contribution is 7.53. The lowest BCUT2D eigenvalue weighted by Gasteiger charge is -2.24. The molecule has 0 aliphatic heterocycles. The number of hydrogen-bond donors (Lipinski definition) is 1. The number of ether oxygens (including phenoxy) is 1. The smallest absolute Gasteiger partial charge is 0.407 e. The minimum atomic E-state index is -3.42. The van der Waals surface area contributed by atoms with Crippen LogP contribution in [0.2, 0.25) is 0 Å². The monoisotopic (exact) mass is 423 g/mol. The average Bonchev–Trinajstić information content (AvgIpc) is 2.67. The van der Waals surface area contributed by atoms with Crippen molar-refractivity contribution in [2.24, 2.45) is 0 Å². The number of alkyl carbamates (subject to hydrolysis) is 1.